The van der Waals surface area contributed by atoms with E-state index in [1.807, 2.05) is 62.4 Å². The number of Topliss-reactive ketones (excluding diaryl/α,β-unsaturated/α-hetero) is 1. The number of methoxy groups -OCH3 is 1. The van der Waals surface area contributed by atoms with Crippen LogP contribution in [0.5, 0.6) is 0 Å². The average molecular weight is 376 g/mol. The summed E-state index contributed by atoms with van der Waals surface area (Å²) < 4.78 is 4.94. The highest BCUT2D eigenvalue weighted by molar-refractivity contribution is 6.11. The van der Waals surface area contributed by atoms with Gasteiger partial charge < -0.3 is 15.4 Å². The number of rotatable bonds is 2. The number of hydrogen-bond donors (Lipinski definition) is 2. The molecule has 5 nitrogen and oxygen atoms in total. The number of ketones is 1. The van der Waals surface area contributed by atoms with Crippen molar-refractivity contribution in [1.29, 1.82) is 0 Å². The van der Waals surface area contributed by atoms with E-state index in [9.17, 15) is 9.59 Å². The standard InChI is InChI=1S/C23H24N2O3/c1-13-8-10-15(11-9-13)21-20-18(24-16-6-4-5-7-17(16)25-21)12-14(2)19(22(20)26)23(27)28-3/h4-11,14,19,21,24-25H,12H2,1-3H3/t14-,19-,21-/m1/s1. The van der Waals surface area contributed by atoms with Crippen LogP contribution in [0, 0.1) is 18.8 Å². The quantitative estimate of drug-likeness (QED) is 0.607. The Kier molecular flexibility index (Phi) is 4.67. The van der Waals surface area contributed by atoms with Gasteiger partial charge in [0.15, 0.2) is 5.78 Å². The first-order valence-electron chi connectivity index (χ1n) is 9.54. The minimum atomic E-state index is -0.776. The highest BCUT2D eigenvalue weighted by Gasteiger charge is 2.44. The average Bonchev–Trinajstić information content (AvgIpc) is 2.85. The Labute approximate surface area is 164 Å². The van der Waals surface area contributed by atoms with Crippen molar-refractivity contribution in [3.8, 4) is 0 Å². The molecule has 0 saturated carbocycles. The number of para-hydroxylation sites is 2. The van der Waals surface area contributed by atoms with E-state index in [4.69, 9.17) is 4.74 Å². The monoisotopic (exact) mass is 376 g/mol. The van der Waals surface area contributed by atoms with Gasteiger partial charge in [0.1, 0.15) is 5.92 Å². The highest BCUT2D eigenvalue weighted by atomic mass is 16.5. The number of ether oxygens (including phenoxy) is 1. The van der Waals surface area contributed by atoms with Crippen LogP contribution in [-0.2, 0) is 14.3 Å². The fourth-order valence-electron chi connectivity index (χ4n) is 4.14. The number of benzene rings is 2. The molecule has 0 saturated heterocycles. The Bertz CT molecular complexity index is 962. The predicted molar refractivity (Wildman–Crippen MR) is 109 cm³/mol. The maximum atomic E-state index is 13.5. The third-order valence-corrected chi connectivity index (χ3v) is 5.64. The Morgan fingerprint density at radius 1 is 1.07 bits per heavy atom. The Balaban J connectivity index is 1.87. The zero-order valence-electron chi connectivity index (χ0n) is 16.3. The molecular formula is C23H24N2O3. The molecule has 2 aliphatic rings. The fraction of sp³-hybridized carbons (Fsp3) is 0.304. The van der Waals surface area contributed by atoms with Gasteiger partial charge in [-0.3, -0.25) is 9.59 Å². The smallest absolute Gasteiger partial charge is 0.316 e. The molecule has 144 valence electrons. The van der Waals surface area contributed by atoms with Crippen LogP contribution in [0.4, 0.5) is 11.4 Å². The van der Waals surface area contributed by atoms with Crippen molar-refractivity contribution in [1.82, 2.24) is 0 Å². The normalized spacial score (nSPS) is 23.7. The number of anilines is 2. The molecule has 3 atom stereocenters. The molecule has 1 heterocycles. The van der Waals surface area contributed by atoms with Gasteiger partial charge in [0, 0.05) is 11.3 Å². The lowest BCUT2D eigenvalue weighted by Gasteiger charge is -2.32. The molecule has 5 heteroatoms. The summed E-state index contributed by atoms with van der Waals surface area (Å²) in [7, 11) is 1.34. The molecule has 2 aromatic carbocycles. The first-order valence-corrected chi connectivity index (χ1v) is 9.54. The number of nitrogens with one attached hydrogen (secondary N) is 2. The summed E-state index contributed by atoms with van der Waals surface area (Å²) in [5, 5.41) is 6.98. The molecule has 1 aliphatic heterocycles. The molecule has 2 N–H and O–H groups in total. The van der Waals surface area contributed by atoms with Crippen LogP contribution in [0.2, 0.25) is 0 Å². The van der Waals surface area contributed by atoms with Crippen LogP contribution in [0.25, 0.3) is 0 Å². The van der Waals surface area contributed by atoms with Gasteiger partial charge in [0.2, 0.25) is 0 Å². The Morgan fingerprint density at radius 2 is 1.75 bits per heavy atom. The zero-order valence-corrected chi connectivity index (χ0v) is 16.3. The summed E-state index contributed by atoms with van der Waals surface area (Å²) in [4.78, 5) is 25.8. The lowest BCUT2D eigenvalue weighted by Crippen LogP contribution is -2.39. The number of carbonyl (C=O) groups is 2. The molecule has 0 fully saturated rings. The lowest BCUT2D eigenvalue weighted by molar-refractivity contribution is -0.151. The van der Waals surface area contributed by atoms with Crippen molar-refractivity contribution in [2.45, 2.75) is 26.3 Å². The third-order valence-electron chi connectivity index (χ3n) is 5.64. The van der Waals surface area contributed by atoms with Crippen molar-refractivity contribution in [3.05, 3.63) is 70.9 Å². The van der Waals surface area contributed by atoms with E-state index in [2.05, 4.69) is 10.6 Å². The van der Waals surface area contributed by atoms with Crippen LogP contribution in [0.1, 0.15) is 30.5 Å². The number of aryl methyl sites for hydroxylation is 1. The number of fused-ring (bicyclic) bond motifs is 1. The first kappa shape index (κ1) is 18.3. The molecule has 28 heavy (non-hydrogen) atoms. The summed E-state index contributed by atoms with van der Waals surface area (Å²) in [6, 6.07) is 15.7. The van der Waals surface area contributed by atoms with Crippen molar-refractivity contribution >= 4 is 23.1 Å². The molecule has 0 bridgehead atoms. The van der Waals surface area contributed by atoms with E-state index in [-0.39, 0.29) is 17.7 Å². The fourth-order valence-corrected chi connectivity index (χ4v) is 4.14. The SMILES string of the molecule is COC(=O)[C@H]1C(=O)C2=C(C[C@H]1C)Nc1ccccc1N[C@@H]2c1ccc(C)cc1. The molecule has 0 aromatic heterocycles. The second-order valence-corrected chi connectivity index (χ2v) is 7.60. The summed E-state index contributed by atoms with van der Waals surface area (Å²) in [6.45, 7) is 3.96. The van der Waals surface area contributed by atoms with Crippen LogP contribution < -0.4 is 10.6 Å². The summed E-state index contributed by atoms with van der Waals surface area (Å²) >= 11 is 0. The third kappa shape index (κ3) is 3.07. The molecule has 0 amide bonds. The summed E-state index contributed by atoms with van der Waals surface area (Å²) in [6.07, 6.45) is 0.610. The largest absolute Gasteiger partial charge is 0.468 e. The second kappa shape index (κ2) is 7.15. The van der Waals surface area contributed by atoms with Crippen molar-refractivity contribution in [2.24, 2.45) is 11.8 Å². The van der Waals surface area contributed by atoms with Crippen molar-refractivity contribution in [2.75, 3.05) is 17.7 Å². The van der Waals surface area contributed by atoms with E-state index < -0.39 is 11.9 Å². The maximum Gasteiger partial charge on any atom is 0.316 e. The minimum Gasteiger partial charge on any atom is -0.468 e. The summed E-state index contributed by atoms with van der Waals surface area (Å²) in [5.74, 6) is -1.54. The number of allylic oxidation sites excluding steroid dienone is 1. The Hall–Kier alpha value is -3.08. The van der Waals surface area contributed by atoms with E-state index in [1.54, 1.807) is 0 Å². The van der Waals surface area contributed by atoms with Crippen LogP contribution >= 0.6 is 0 Å². The van der Waals surface area contributed by atoms with Crippen molar-refractivity contribution in [3.63, 3.8) is 0 Å². The van der Waals surface area contributed by atoms with Gasteiger partial charge in [-0.1, -0.05) is 48.9 Å². The Morgan fingerprint density at radius 3 is 2.43 bits per heavy atom. The molecule has 0 spiro atoms. The minimum absolute atomic E-state index is 0.130. The van der Waals surface area contributed by atoms with Gasteiger partial charge in [-0.25, -0.2) is 0 Å². The van der Waals surface area contributed by atoms with Gasteiger partial charge in [0.05, 0.1) is 24.5 Å². The van der Waals surface area contributed by atoms with Gasteiger partial charge in [-0.15, -0.1) is 0 Å². The lowest BCUT2D eigenvalue weighted by atomic mass is 9.75. The van der Waals surface area contributed by atoms with E-state index >= 15 is 0 Å². The van der Waals surface area contributed by atoms with Crippen LogP contribution in [0.3, 0.4) is 0 Å². The zero-order chi connectivity index (χ0) is 19.8. The van der Waals surface area contributed by atoms with Gasteiger partial charge in [0.25, 0.3) is 0 Å². The van der Waals surface area contributed by atoms with Crippen molar-refractivity contribution < 1.29 is 14.3 Å². The predicted octanol–water partition coefficient (Wildman–Crippen LogP) is 4.23. The maximum absolute atomic E-state index is 13.5. The van der Waals surface area contributed by atoms with E-state index in [1.165, 1.54) is 7.11 Å². The summed E-state index contributed by atoms with van der Waals surface area (Å²) in [5.41, 5.74) is 5.50. The molecule has 2 aromatic rings. The molecular weight excluding hydrogens is 352 g/mol. The topological polar surface area (TPSA) is 67.4 Å². The van der Waals surface area contributed by atoms with Gasteiger partial charge in [-0.05, 0) is 37.0 Å². The molecule has 0 radical (unpaired) electrons. The number of hydrogen-bond acceptors (Lipinski definition) is 5. The van der Waals surface area contributed by atoms with E-state index in [0.29, 0.717) is 12.0 Å². The van der Waals surface area contributed by atoms with Gasteiger partial charge in [-0.2, -0.15) is 0 Å². The number of carbonyl (C=O) groups excluding carboxylic acids is 2. The van der Waals surface area contributed by atoms with Crippen LogP contribution in [0.15, 0.2) is 59.8 Å². The molecule has 1 aliphatic carbocycles. The molecule has 4 rings (SSSR count). The number of esters is 1. The van der Waals surface area contributed by atoms with Crippen LogP contribution in [-0.4, -0.2) is 18.9 Å². The molecule has 0 unspecified atom stereocenters. The van der Waals surface area contributed by atoms with E-state index in [0.717, 1.165) is 28.2 Å². The highest BCUT2D eigenvalue weighted by Crippen LogP contribution is 2.43. The first-order chi connectivity index (χ1) is 13.5. The van der Waals surface area contributed by atoms with Gasteiger partial charge >= 0.3 is 5.97 Å². The second-order valence-electron chi connectivity index (χ2n) is 7.60.